The minimum Gasteiger partial charge on any atom is -0.354 e. The van der Waals surface area contributed by atoms with Crippen LogP contribution >= 0.6 is 0 Å². The van der Waals surface area contributed by atoms with Crippen LogP contribution in [0.1, 0.15) is 12.8 Å². The molecule has 156 valence electrons. The molecule has 1 aromatic carbocycles. The Hall–Kier alpha value is -3.31. The molecule has 0 radical (unpaired) electrons. The van der Waals surface area contributed by atoms with E-state index in [1.54, 1.807) is 23.3 Å². The number of carbonyl (C=O) groups excluding carboxylic acids is 1. The summed E-state index contributed by atoms with van der Waals surface area (Å²) in [7, 11) is -3.76. The van der Waals surface area contributed by atoms with Crippen LogP contribution < -0.4 is 15.4 Å². The molecule has 10 nitrogen and oxygen atoms in total. The van der Waals surface area contributed by atoms with Crippen LogP contribution in [0.15, 0.2) is 60.0 Å². The van der Waals surface area contributed by atoms with Crippen LogP contribution in [0.4, 0.5) is 11.5 Å². The summed E-state index contributed by atoms with van der Waals surface area (Å²) in [5, 5.41) is 16.5. The summed E-state index contributed by atoms with van der Waals surface area (Å²) in [4.78, 5) is 18.8. The number of benzene rings is 1. The summed E-state index contributed by atoms with van der Waals surface area (Å²) in [6, 6.07) is 9.54. The molecule has 0 bridgehead atoms. The Labute approximate surface area is 173 Å². The number of sulfonamides is 1. The molecule has 4 rings (SSSR count). The molecule has 0 aliphatic carbocycles. The monoisotopic (exact) mass is 427 g/mol. The minimum atomic E-state index is -3.76. The Bertz CT molecular complexity index is 1110. The maximum absolute atomic E-state index is 12.7. The lowest BCUT2D eigenvalue weighted by atomic mass is 9.97. The van der Waals surface area contributed by atoms with Crippen LogP contribution in [-0.4, -0.2) is 47.2 Å². The van der Waals surface area contributed by atoms with Crippen molar-refractivity contribution in [3.63, 3.8) is 0 Å². The normalized spacial score (nSPS) is 17.0. The van der Waals surface area contributed by atoms with Gasteiger partial charge >= 0.3 is 0 Å². The van der Waals surface area contributed by atoms with E-state index in [0.29, 0.717) is 23.9 Å². The van der Waals surface area contributed by atoms with Gasteiger partial charge in [0.2, 0.25) is 15.9 Å². The van der Waals surface area contributed by atoms with Crippen molar-refractivity contribution in [2.45, 2.75) is 17.7 Å². The molecule has 1 fully saturated rings. The van der Waals surface area contributed by atoms with Gasteiger partial charge in [-0.15, -0.1) is 10.2 Å². The van der Waals surface area contributed by atoms with Crippen molar-refractivity contribution in [2.75, 3.05) is 23.3 Å². The van der Waals surface area contributed by atoms with Gasteiger partial charge in [0, 0.05) is 31.2 Å². The summed E-state index contributed by atoms with van der Waals surface area (Å²) >= 11 is 0. The van der Waals surface area contributed by atoms with Crippen LogP contribution in [0.3, 0.4) is 0 Å². The number of nitrogens with two attached hydrogens (primary N) is 1. The number of piperidine rings is 1. The Morgan fingerprint density at radius 1 is 1.10 bits per heavy atom. The van der Waals surface area contributed by atoms with Gasteiger partial charge in [-0.2, -0.15) is 0 Å². The van der Waals surface area contributed by atoms with Gasteiger partial charge < -0.3 is 10.2 Å². The molecule has 1 unspecified atom stereocenters. The van der Waals surface area contributed by atoms with Gasteiger partial charge in [-0.25, -0.2) is 18.5 Å². The van der Waals surface area contributed by atoms with Crippen molar-refractivity contribution < 1.29 is 13.2 Å². The van der Waals surface area contributed by atoms with Crippen molar-refractivity contribution in [3.05, 3.63) is 55.1 Å². The zero-order chi connectivity index (χ0) is 21.1. The first-order chi connectivity index (χ1) is 14.4. The van der Waals surface area contributed by atoms with E-state index in [1.165, 1.54) is 24.3 Å². The predicted octanol–water partition coefficient (Wildman–Crippen LogP) is 1.16. The zero-order valence-corrected chi connectivity index (χ0v) is 16.9. The van der Waals surface area contributed by atoms with E-state index in [2.05, 4.69) is 20.5 Å². The number of anilines is 2. The van der Waals surface area contributed by atoms with Gasteiger partial charge in [0.1, 0.15) is 6.33 Å². The Morgan fingerprint density at radius 2 is 1.83 bits per heavy atom. The molecular weight excluding hydrogens is 406 g/mol. The van der Waals surface area contributed by atoms with Crippen molar-refractivity contribution >= 4 is 27.4 Å². The fourth-order valence-corrected chi connectivity index (χ4v) is 3.91. The standard InChI is InChI=1S/C19H21N7O3S/c20-30(28,29)16-5-3-15(4-6-16)22-19(27)14-2-1-10-25(12-14)17-7-8-18(24-23-17)26-11-9-21-13-26/h3-9,11,13-14H,1-2,10,12H2,(H,22,27)(H2,20,28,29). The molecule has 3 heterocycles. The highest BCUT2D eigenvalue weighted by molar-refractivity contribution is 7.89. The molecule has 1 aliphatic heterocycles. The summed E-state index contributed by atoms with van der Waals surface area (Å²) in [5.74, 6) is 1.05. The second kappa shape index (κ2) is 8.20. The Balaban J connectivity index is 1.40. The second-order valence-electron chi connectivity index (χ2n) is 7.06. The van der Waals surface area contributed by atoms with E-state index in [9.17, 15) is 13.2 Å². The smallest absolute Gasteiger partial charge is 0.238 e. The van der Waals surface area contributed by atoms with E-state index in [1.807, 2.05) is 17.0 Å². The number of rotatable bonds is 5. The molecule has 1 aliphatic rings. The number of nitrogens with one attached hydrogen (secondary N) is 1. The Kier molecular flexibility index (Phi) is 5.46. The largest absolute Gasteiger partial charge is 0.354 e. The summed E-state index contributed by atoms with van der Waals surface area (Å²) < 4.78 is 24.5. The van der Waals surface area contributed by atoms with Gasteiger partial charge in [-0.05, 0) is 49.2 Å². The highest BCUT2D eigenvalue weighted by Gasteiger charge is 2.27. The van der Waals surface area contributed by atoms with Gasteiger partial charge in [-0.3, -0.25) is 9.36 Å². The second-order valence-corrected chi connectivity index (χ2v) is 8.62. The molecular formula is C19H21N7O3S. The average molecular weight is 427 g/mol. The fraction of sp³-hybridized carbons (Fsp3) is 0.263. The molecule has 1 atom stereocenters. The van der Waals surface area contributed by atoms with Crippen molar-refractivity contribution in [2.24, 2.45) is 11.1 Å². The third kappa shape index (κ3) is 4.47. The molecule has 0 spiro atoms. The lowest BCUT2D eigenvalue weighted by molar-refractivity contribution is -0.120. The van der Waals surface area contributed by atoms with Crippen LogP contribution in [-0.2, 0) is 14.8 Å². The van der Waals surface area contributed by atoms with Crippen molar-refractivity contribution in [3.8, 4) is 5.82 Å². The summed E-state index contributed by atoms with van der Waals surface area (Å²) in [5.41, 5.74) is 0.522. The fourth-order valence-electron chi connectivity index (χ4n) is 3.39. The molecule has 0 saturated carbocycles. The van der Waals surface area contributed by atoms with Crippen LogP contribution in [0, 0.1) is 5.92 Å². The zero-order valence-electron chi connectivity index (χ0n) is 16.0. The van der Waals surface area contributed by atoms with Crippen molar-refractivity contribution in [1.82, 2.24) is 19.7 Å². The average Bonchev–Trinajstić information content (AvgIpc) is 3.29. The van der Waals surface area contributed by atoms with E-state index in [-0.39, 0.29) is 16.7 Å². The third-order valence-electron chi connectivity index (χ3n) is 4.97. The molecule has 11 heteroatoms. The number of hydrogen-bond donors (Lipinski definition) is 2. The summed E-state index contributed by atoms with van der Waals surface area (Å²) in [6.07, 6.45) is 6.73. The van der Waals surface area contributed by atoms with E-state index in [4.69, 9.17) is 5.14 Å². The van der Waals surface area contributed by atoms with Gasteiger partial charge in [0.15, 0.2) is 11.6 Å². The first-order valence-corrected chi connectivity index (χ1v) is 11.0. The molecule has 2 aromatic heterocycles. The predicted molar refractivity (Wildman–Crippen MR) is 111 cm³/mol. The number of imidazole rings is 1. The molecule has 1 saturated heterocycles. The highest BCUT2D eigenvalue weighted by Crippen LogP contribution is 2.23. The maximum Gasteiger partial charge on any atom is 0.238 e. The maximum atomic E-state index is 12.7. The van der Waals surface area contributed by atoms with Crippen LogP contribution in [0.2, 0.25) is 0 Å². The van der Waals surface area contributed by atoms with E-state index < -0.39 is 10.0 Å². The molecule has 1 amide bonds. The number of nitrogens with zero attached hydrogens (tertiary/aromatic N) is 5. The number of primary sulfonamides is 1. The molecule has 3 aromatic rings. The van der Waals surface area contributed by atoms with Crippen LogP contribution in [0.5, 0.6) is 0 Å². The lowest BCUT2D eigenvalue weighted by Gasteiger charge is -2.32. The number of hydrogen-bond acceptors (Lipinski definition) is 7. The quantitative estimate of drug-likeness (QED) is 0.623. The molecule has 3 N–H and O–H groups in total. The minimum absolute atomic E-state index is 0.00190. The topological polar surface area (TPSA) is 136 Å². The van der Waals surface area contributed by atoms with E-state index in [0.717, 1.165) is 19.4 Å². The Morgan fingerprint density at radius 3 is 2.47 bits per heavy atom. The highest BCUT2D eigenvalue weighted by atomic mass is 32.2. The lowest BCUT2D eigenvalue weighted by Crippen LogP contribution is -2.41. The van der Waals surface area contributed by atoms with E-state index >= 15 is 0 Å². The van der Waals surface area contributed by atoms with Gasteiger partial charge in [0.05, 0.1) is 10.8 Å². The number of amides is 1. The molecule has 30 heavy (non-hydrogen) atoms. The number of carbonyl (C=O) groups is 1. The van der Waals surface area contributed by atoms with Crippen molar-refractivity contribution in [1.29, 1.82) is 0 Å². The first kappa shape index (κ1) is 20.0. The van der Waals surface area contributed by atoms with Gasteiger partial charge in [-0.1, -0.05) is 0 Å². The van der Waals surface area contributed by atoms with Crippen LogP contribution in [0.25, 0.3) is 5.82 Å². The van der Waals surface area contributed by atoms with Gasteiger partial charge in [0.25, 0.3) is 0 Å². The first-order valence-electron chi connectivity index (χ1n) is 9.41. The third-order valence-corrected chi connectivity index (χ3v) is 5.90. The summed E-state index contributed by atoms with van der Waals surface area (Å²) in [6.45, 7) is 1.33. The number of aromatic nitrogens is 4. The SMILES string of the molecule is NS(=O)(=O)c1ccc(NC(=O)C2CCCN(c3ccc(-n4ccnc4)nn3)C2)cc1.